The third kappa shape index (κ3) is 4.33. The summed E-state index contributed by atoms with van der Waals surface area (Å²) in [6.45, 7) is 1.75. The average molecular weight is 367 g/mol. The zero-order valence-corrected chi connectivity index (χ0v) is 15.5. The van der Waals surface area contributed by atoms with Gasteiger partial charge in [-0.15, -0.1) is 12.4 Å². The predicted molar refractivity (Wildman–Crippen MR) is 99.9 cm³/mol. The number of hydrogen-bond acceptors (Lipinski definition) is 4. The number of carbonyl (C=O) groups excluding carboxylic acids is 2. The van der Waals surface area contributed by atoms with Crippen molar-refractivity contribution < 1.29 is 14.3 Å². The standard InChI is InChI=1S/C19H26N2O3.ClH/c1-24-17(22)10-7-14-5-8-16(9-6-14)21-18(23)19-11-3-2-4-15(19)12-20-13-19;/h5-6,8-9,15,20H,2-4,7,10-13H2,1H3,(H,21,23);1H/t15-,19+;/m0./s1. The Kier molecular flexibility index (Phi) is 6.85. The molecule has 25 heavy (non-hydrogen) atoms. The Morgan fingerprint density at radius 2 is 2.04 bits per heavy atom. The van der Waals surface area contributed by atoms with Crippen molar-refractivity contribution in [1.82, 2.24) is 5.32 Å². The van der Waals surface area contributed by atoms with Crippen molar-refractivity contribution in [3.8, 4) is 0 Å². The molecule has 2 fully saturated rings. The Balaban J connectivity index is 0.00000225. The third-order valence-corrected chi connectivity index (χ3v) is 5.55. The van der Waals surface area contributed by atoms with Crippen molar-refractivity contribution in [2.24, 2.45) is 11.3 Å². The van der Waals surface area contributed by atoms with E-state index in [1.54, 1.807) is 0 Å². The van der Waals surface area contributed by atoms with Gasteiger partial charge >= 0.3 is 5.97 Å². The molecule has 1 amide bonds. The number of benzene rings is 1. The molecule has 2 atom stereocenters. The first-order chi connectivity index (χ1) is 11.6. The molecule has 5 nitrogen and oxygen atoms in total. The van der Waals surface area contributed by atoms with Crippen LogP contribution in [-0.4, -0.2) is 32.1 Å². The van der Waals surface area contributed by atoms with Crippen LogP contribution in [0.1, 0.15) is 37.7 Å². The number of amides is 1. The fraction of sp³-hybridized carbons (Fsp3) is 0.579. The van der Waals surface area contributed by atoms with Gasteiger partial charge in [0.25, 0.3) is 0 Å². The Morgan fingerprint density at radius 3 is 2.76 bits per heavy atom. The van der Waals surface area contributed by atoms with E-state index in [1.807, 2.05) is 24.3 Å². The van der Waals surface area contributed by atoms with Gasteiger partial charge in [-0.25, -0.2) is 0 Å². The zero-order chi connectivity index (χ0) is 17.0. The minimum Gasteiger partial charge on any atom is -0.469 e. The number of esters is 1. The summed E-state index contributed by atoms with van der Waals surface area (Å²) in [4.78, 5) is 24.1. The second kappa shape index (κ2) is 8.68. The van der Waals surface area contributed by atoms with Crippen molar-refractivity contribution >= 4 is 30.0 Å². The maximum Gasteiger partial charge on any atom is 0.305 e. The lowest BCUT2D eigenvalue weighted by atomic mass is 9.67. The van der Waals surface area contributed by atoms with Crippen LogP contribution in [0.3, 0.4) is 0 Å². The van der Waals surface area contributed by atoms with Crippen LogP contribution in [0, 0.1) is 11.3 Å². The third-order valence-electron chi connectivity index (χ3n) is 5.55. The van der Waals surface area contributed by atoms with Gasteiger partial charge in [0, 0.05) is 18.7 Å². The number of anilines is 1. The summed E-state index contributed by atoms with van der Waals surface area (Å²) in [6, 6.07) is 7.76. The van der Waals surface area contributed by atoms with Crippen LogP contribution in [0.4, 0.5) is 5.69 Å². The van der Waals surface area contributed by atoms with E-state index in [1.165, 1.54) is 13.5 Å². The van der Waals surface area contributed by atoms with Crippen molar-refractivity contribution in [3.63, 3.8) is 0 Å². The van der Waals surface area contributed by atoms with Gasteiger partial charge in [0.2, 0.25) is 5.91 Å². The number of fused-ring (bicyclic) bond motifs is 1. The van der Waals surface area contributed by atoms with Gasteiger partial charge < -0.3 is 15.4 Å². The lowest BCUT2D eigenvalue weighted by Crippen LogP contribution is -2.44. The average Bonchev–Trinajstić information content (AvgIpc) is 3.06. The summed E-state index contributed by atoms with van der Waals surface area (Å²) in [5.41, 5.74) is 1.66. The molecule has 1 saturated heterocycles. The number of aryl methyl sites for hydroxylation is 1. The Hall–Kier alpha value is -1.59. The Bertz CT molecular complexity index is 605. The molecule has 1 aliphatic heterocycles. The van der Waals surface area contributed by atoms with Gasteiger partial charge in [0.15, 0.2) is 0 Å². The summed E-state index contributed by atoms with van der Waals surface area (Å²) >= 11 is 0. The molecule has 0 radical (unpaired) electrons. The van der Waals surface area contributed by atoms with E-state index in [4.69, 9.17) is 0 Å². The van der Waals surface area contributed by atoms with Crippen molar-refractivity contribution in [1.29, 1.82) is 0 Å². The maximum absolute atomic E-state index is 12.9. The Morgan fingerprint density at radius 1 is 1.28 bits per heavy atom. The van der Waals surface area contributed by atoms with Gasteiger partial charge in [-0.05, 0) is 49.4 Å². The number of nitrogens with one attached hydrogen (secondary N) is 2. The van der Waals surface area contributed by atoms with Gasteiger partial charge in [-0.2, -0.15) is 0 Å². The first-order valence-electron chi connectivity index (χ1n) is 8.82. The number of carbonyl (C=O) groups is 2. The molecule has 0 spiro atoms. The van der Waals surface area contributed by atoms with Gasteiger partial charge in [-0.3, -0.25) is 9.59 Å². The summed E-state index contributed by atoms with van der Waals surface area (Å²) in [5.74, 6) is 0.411. The second-order valence-electron chi connectivity index (χ2n) is 6.96. The van der Waals surface area contributed by atoms with Crippen molar-refractivity contribution in [2.75, 3.05) is 25.5 Å². The summed E-state index contributed by atoms with van der Waals surface area (Å²) in [7, 11) is 1.40. The highest BCUT2D eigenvalue weighted by molar-refractivity contribution is 5.96. The van der Waals surface area contributed by atoms with Crippen LogP contribution in [-0.2, 0) is 20.7 Å². The summed E-state index contributed by atoms with van der Waals surface area (Å²) in [5, 5.41) is 6.52. The molecule has 138 valence electrons. The minimum atomic E-state index is -0.234. The molecule has 1 saturated carbocycles. The maximum atomic E-state index is 12.9. The Labute approximate surface area is 155 Å². The second-order valence-corrected chi connectivity index (χ2v) is 6.96. The van der Waals surface area contributed by atoms with E-state index in [9.17, 15) is 9.59 Å². The van der Waals surface area contributed by atoms with E-state index in [0.717, 1.165) is 43.6 Å². The molecule has 1 aromatic rings. The molecule has 0 aromatic heterocycles. The topological polar surface area (TPSA) is 67.4 Å². The molecule has 2 aliphatic rings. The lowest BCUT2D eigenvalue weighted by molar-refractivity contribution is -0.140. The first kappa shape index (κ1) is 19.7. The zero-order valence-electron chi connectivity index (χ0n) is 14.7. The number of rotatable bonds is 5. The van der Waals surface area contributed by atoms with Crippen LogP contribution >= 0.6 is 12.4 Å². The molecule has 1 aromatic carbocycles. The van der Waals surface area contributed by atoms with Crippen LogP contribution in [0.5, 0.6) is 0 Å². The smallest absolute Gasteiger partial charge is 0.305 e. The monoisotopic (exact) mass is 366 g/mol. The molecule has 1 heterocycles. The summed E-state index contributed by atoms with van der Waals surface area (Å²) in [6.07, 6.45) is 5.52. The molecule has 0 bridgehead atoms. The largest absolute Gasteiger partial charge is 0.469 e. The number of ether oxygens (including phenoxy) is 1. The van der Waals surface area contributed by atoms with Crippen LogP contribution in [0.2, 0.25) is 0 Å². The van der Waals surface area contributed by atoms with Gasteiger partial charge in [0.1, 0.15) is 0 Å². The van der Waals surface area contributed by atoms with Crippen molar-refractivity contribution in [3.05, 3.63) is 29.8 Å². The van der Waals surface area contributed by atoms with E-state index in [2.05, 4.69) is 15.4 Å². The van der Waals surface area contributed by atoms with Gasteiger partial charge in [-0.1, -0.05) is 25.0 Å². The molecule has 3 rings (SSSR count). The van der Waals surface area contributed by atoms with Gasteiger partial charge in [0.05, 0.1) is 12.5 Å². The predicted octanol–water partition coefficient (Wildman–Crippen LogP) is 2.93. The minimum absolute atomic E-state index is 0. The lowest BCUT2D eigenvalue weighted by Gasteiger charge is -2.37. The summed E-state index contributed by atoms with van der Waals surface area (Å²) < 4.78 is 4.65. The number of hydrogen-bond donors (Lipinski definition) is 2. The fourth-order valence-corrected chi connectivity index (χ4v) is 4.05. The molecule has 2 N–H and O–H groups in total. The quantitative estimate of drug-likeness (QED) is 0.786. The SMILES string of the molecule is COC(=O)CCc1ccc(NC(=O)[C@@]23CCCC[C@H]2CNC3)cc1.Cl. The van der Waals surface area contributed by atoms with Crippen LogP contribution in [0.25, 0.3) is 0 Å². The van der Waals surface area contributed by atoms with E-state index >= 15 is 0 Å². The highest BCUT2D eigenvalue weighted by Gasteiger charge is 2.49. The highest BCUT2D eigenvalue weighted by atomic mass is 35.5. The van der Waals surface area contributed by atoms with E-state index in [-0.39, 0.29) is 29.7 Å². The van der Waals surface area contributed by atoms with E-state index < -0.39 is 0 Å². The fourth-order valence-electron chi connectivity index (χ4n) is 4.05. The molecular formula is C19H27ClN2O3. The molecule has 6 heteroatoms. The van der Waals surface area contributed by atoms with Crippen molar-refractivity contribution in [2.45, 2.75) is 38.5 Å². The first-order valence-corrected chi connectivity index (χ1v) is 8.82. The molecular weight excluding hydrogens is 340 g/mol. The normalized spacial score (nSPS) is 24.8. The van der Waals surface area contributed by atoms with Crippen LogP contribution < -0.4 is 10.6 Å². The molecule has 1 aliphatic carbocycles. The molecule has 0 unspecified atom stereocenters. The highest BCUT2D eigenvalue weighted by Crippen LogP contribution is 2.44. The number of methoxy groups -OCH3 is 1. The van der Waals surface area contributed by atoms with E-state index in [0.29, 0.717) is 18.8 Å². The number of halogens is 1. The van der Waals surface area contributed by atoms with Crippen LogP contribution in [0.15, 0.2) is 24.3 Å².